The van der Waals surface area contributed by atoms with Crippen LogP contribution in [0.2, 0.25) is 0 Å². The van der Waals surface area contributed by atoms with Crippen LogP contribution in [-0.4, -0.2) is 22.8 Å². The van der Waals surface area contributed by atoms with E-state index in [1.165, 1.54) is 6.07 Å². The second kappa shape index (κ2) is 4.70. The zero-order valence-electron chi connectivity index (χ0n) is 9.57. The largest absolute Gasteiger partial charge is 0.508 e. The lowest BCUT2D eigenvalue weighted by Crippen LogP contribution is -2.33. The monoisotopic (exact) mass is 222 g/mol. The van der Waals surface area contributed by atoms with Gasteiger partial charge in [-0.1, -0.05) is 0 Å². The molecule has 0 atom stereocenters. The summed E-state index contributed by atoms with van der Waals surface area (Å²) >= 11 is 0. The maximum atomic E-state index is 11.7. The summed E-state index contributed by atoms with van der Waals surface area (Å²) in [4.78, 5) is 11.7. The van der Waals surface area contributed by atoms with Gasteiger partial charge in [0, 0.05) is 18.3 Å². The molecule has 0 saturated carbocycles. The van der Waals surface area contributed by atoms with E-state index in [2.05, 4.69) is 5.32 Å². The first-order valence-electron chi connectivity index (χ1n) is 5.78. The molecule has 4 nitrogen and oxygen atoms in total. The van der Waals surface area contributed by atoms with E-state index >= 15 is 0 Å². The molecule has 0 unspecified atom stereocenters. The third kappa shape index (κ3) is 2.44. The van der Waals surface area contributed by atoms with Crippen LogP contribution in [0.1, 0.15) is 18.5 Å². The third-order valence-corrected chi connectivity index (χ3v) is 3.22. The molecule has 1 aromatic rings. The van der Waals surface area contributed by atoms with Crippen LogP contribution >= 0.6 is 0 Å². The Morgan fingerprint density at radius 3 is 2.75 bits per heavy atom. The topological polar surface area (TPSA) is 54.3 Å². The molecule has 0 bridgehead atoms. The van der Waals surface area contributed by atoms with Gasteiger partial charge in [0.15, 0.2) is 0 Å². The zero-order valence-corrected chi connectivity index (χ0v) is 9.57. The molecule has 1 aromatic heterocycles. The number of nitrogens with one attached hydrogen (secondary N) is 1. The Labute approximate surface area is 94.9 Å². The number of nitrogens with zero attached hydrogens (tertiary/aromatic N) is 1. The van der Waals surface area contributed by atoms with Crippen molar-refractivity contribution < 1.29 is 5.11 Å². The van der Waals surface area contributed by atoms with Gasteiger partial charge in [-0.3, -0.25) is 4.79 Å². The Kier molecular flexibility index (Phi) is 3.29. The predicted molar refractivity (Wildman–Crippen MR) is 62.7 cm³/mol. The van der Waals surface area contributed by atoms with Crippen LogP contribution in [0.5, 0.6) is 5.75 Å². The minimum Gasteiger partial charge on any atom is -0.508 e. The molecule has 0 aliphatic carbocycles. The van der Waals surface area contributed by atoms with Gasteiger partial charge in [-0.15, -0.1) is 0 Å². The lowest BCUT2D eigenvalue weighted by molar-refractivity contribution is 0.326. The third-order valence-electron chi connectivity index (χ3n) is 3.22. The molecular formula is C12H18N2O2. The normalized spacial score (nSPS) is 17.6. The summed E-state index contributed by atoms with van der Waals surface area (Å²) in [6.45, 7) is 4.71. The quantitative estimate of drug-likeness (QED) is 0.780. The van der Waals surface area contributed by atoms with E-state index in [0.29, 0.717) is 5.92 Å². The molecule has 1 saturated heterocycles. The number of aryl methyl sites for hydroxylation is 1. The number of pyridine rings is 1. The molecule has 0 spiro atoms. The molecule has 4 heteroatoms. The zero-order chi connectivity index (χ0) is 11.5. The second-order valence-electron chi connectivity index (χ2n) is 4.50. The van der Waals surface area contributed by atoms with Crippen molar-refractivity contribution in [1.29, 1.82) is 0 Å². The number of aromatic hydroxyl groups is 1. The summed E-state index contributed by atoms with van der Waals surface area (Å²) in [5.41, 5.74) is 0.736. The highest BCUT2D eigenvalue weighted by Crippen LogP contribution is 2.15. The Morgan fingerprint density at radius 2 is 2.12 bits per heavy atom. The highest BCUT2D eigenvalue weighted by Gasteiger charge is 2.15. The molecular weight excluding hydrogens is 204 g/mol. The standard InChI is InChI=1S/C12H18N2O2/c1-9-6-11(15)7-12(16)14(9)8-10-2-4-13-5-3-10/h6-7,10,13,15H,2-5,8H2,1H3. The fourth-order valence-corrected chi connectivity index (χ4v) is 2.27. The number of piperidine rings is 1. The molecule has 1 aliphatic heterocycles. The van der Waals surface area contributed by atoms with Crippen molar-refractivity contribution in [1.82, 2.24) is 9.88 Å². The van der Waals surface area contributed by atoms with Gasteiger partial charge in [0.2, 0.25) is 0 Å². The maximum Gasteiger partial charge on any atom is 0.254 e. The van der Waals surface area contributed by atoms with Crippen LogP contribution in [0, 0.1) is 12.8 Å². The van der Waals surface area contributed by atoms with Gasteiger partial charge in [0.05, 0.1) is 0 Å². The molecule has 2 heterocycles. The van der Waals surface area contributed by atoms with Gasteiger partial charge < -0.3 is 15.0 Å². The van der Waals surface area contributed by atoms with E-state index in [1.807, 2.05) is 6.92 Å². The lowest BCUT2D eigenvalue weighted by Gasteiger charge is -2.24. The summed E-state index contributed by atoms with van der Waals surface area (Å²) in [5.74, 6) is 0.631. The molecule has 0 aromatic carbocycles. The van der Waals surface area contributed by atoms with Crippen molar-refractivity contribution in [2.24, 2.45) is 5.92 Å². The smallest absolute Gasteiger partial charge is 0.254 e. The Morgan fingerprint density at radius 1 is 1.44 bits per heavy atom. The van der Waals surface area contributed by atoms with Crippen LogP contribution < -0.4 is 10.9 Å². The number of hydrogen-bond donors (Lipinski definition) is 2. The predicted octanol–water partition coefficient (Wildman–Crippen LogP) is 0.862. The maximum absolute atomic E-state index is 11.7. The summed E-state index contributed by atoms with van der Waals surface area (Å²) < 4.78 is 1.76. The van der Waals surface area contributed by atoms with Crippen LogP contribution in [0.4, 0.5) is 0 Å². The molecule has 2 N–H and O–H groups in total. The summed E-state index contributed by atoms with van der Waals surface area (Å²) in [5, 5.41) is 12.6. The minimum atomic E-state index is -0.101. The molecule has 88 valence electrons. The number of hydrogen-bond acceptors (Lipinski definition) is 3. The first-order chi connectivity index (χ1) is 7.66. The Balaban J connectivity index is 2.17. The van der Waals surface area contributed by atoms with E-state index in [9.17, 15) is 9.90 Å². The molecule has 1 fully saturated rings. The van der Waals surface area contributed by atoms with E-state index < -0.39 is 0 Å². The van der Waals surface area contributed by atoms with Crippen molar-refractivity contribution in [2.45, 2.75) is 26.3 Å². The molecule has 0 amide bonds. The number of rotatable bonds is 2. The van der Waals surface area contributed by atoms with E-state index in [1.54, 1.807) is 10.6 Å². The fourth-order valence-electron chi connectivity index (χ4n) is 2.27. The summed E-state index contributed by atoms with van der Waals surface area (Å²) in [6, 6.07) is 2.93. The van der Waals surface area contributed by atoms with Gasteiger partial charge in [0.1, 0.15) is 5.75 Å². The average molecular weight is 222 g/mol. The highest BCUT2D eigenvalue weighted by atomic mass is 16.3. The van der Waals surface area contributed by atoms with Crippen molar-refractivity contribution in [3.8, 4) is 5.75 Å². The number of aromatic nitrogens is 1. The van der Waals surface area contributed by atoms with Gasteiger partial charge in [-0.2, -0.15) is 0 Å². The van der Waals surface area contributed by atoms with Gasteiger partial charge in [-0.05, 0) is 44.8 Å². The SMILES string of the molecule is Cc1cc(O)cc(=O)n1CC1CCNCC1. The molecule has 16 heavy (non-hydrogen) atoms. The Hall–Kier alpha value is -1.29. The highest BCUT2D eigenvalue weighted by molar-refractivity contribution is 5.21. The molecule has 1 aliphatic rings. The fraction of sp³-hybridized carbons (Fsp3) is 0.583. The van der Waals surface area contributed by atoms with Crippen molar-refractivity contribution in [3.63, 3.8) is 0 Å². The summed E-state index contributed by atoms with van der Waals surface area (Å²) in [6.07, 6.45) is 2.24. The first kappa shape index (κ1) is 11.2. The van der Waals surface area contributed by atoms with Gasteiger partial charge >= 0.3 is 0 Å². The van der Waals surface area contributed by atoms with Crippen LogP contribution in [0.25, 0.3) is 0 Å². The van der Waals surface area contributed by atoms with Crippen molar-refractivity contribution in [2.75, 3.05) is 13.1 Å². The summed E-state index contributed by atoms with van der Waals surface area (Å²) in [7, 11) is 0. The van der Waals surface area contributed by atoms with E-state index in [-0.39, 0.29) is 11.3 Å². The minimum absolute atomic E-state index is 0.0593. The Bertz CT molecular complexity index is 420. The van der Waals surface area contributed by atoms with Gasteiger partial charge in [0.25, 0.3) is 5.56 Å². The lowest BCUT2D eigenvalue weighted by atomic mass is 9.98. The first-order valence-corrected chi connectivity index (χ1v) is 5.78. The van der Waals surface area contributed by atoms with Crippen LogP contribution in [-0.2, 0) is 6.54 Å². The van der Waals surface area contributed by atoms with Crippen molar-refractivity contribution >= 4 is 0 Å². The van der Waals surface area contributed by atoms with E-state index in [4.69, 9.17) is 0 Å². The molecule has 0 radical (unpaired) electrons. The average Bonchev–Trinajstić information content (AvgIpc) is 2.25. The van der Waals surface area contributed by atoms with Crippen molar-refractivity contribution in [3.05, 3.63) is 28.2 Å². The van der Waals surface area contributed by atoms with E-state index in [0.717, 1.165) is 38.2 Å². The second-order valence-corrected chi connectivity index (χ2v) is 4.50. The van der Waals surface area contributed by atoms with Crippen LogP contribution in [0.3, 0.4) is 0 Å². The molecule has 2 rings (SSSR count). The van der Waals surface area contributed by atoms with Gasteiger partial charge in [-0.25, -0.2) is 0 Å². The van der Waals surface area contributed by atoms with Crippen LogP contribution in [0.15, 0.2) is 16.9 Å².